The van der Waals surface area contributed by atoms with Crippen LogP contribution in [0.15, 0.2) is 194 Å². The van der Waals surface area contributed by atoms with Gasteiger partial charge in [0.15, 0.2) is 6.10 Å². The van der Waals surface area contributed by atoms with Gasteiger partial charge in [-0.2, -0.15) is 0 Å². The predicted octanol–water partition coefficient (Wildman–Crippen LogP) is 19.1. The van der Waals surface area contributed by atoms with Crippen LogP contribution in [0.1, 0.15) is 188 Å². The Hall–Kier alpha value is -5.75. The Morgan fingerprint density at radius 1 is 0.288 bits per heavy atom. The normalized spacial score (nSPS) is 13.6. The van der Waals surface area contributed by atoms with E-state index in [0.29, 0.717) is 19.3 Å². The molecule has 0 fully saturated rings. The van der Waals surface area contributed by atoms with E-state index in [0.717, 1.165) is 103 Å². The second kappa shape index (κ2) is 58.8. The van der Waals surface area contributed by atoms with Crippen molar-refractivity contribution in [2.45, 2.75) is 194 Å². The molecular formula is C67H98O6. The highest BCUT2D eigenvalue weighted by atomic mass is 16.6. The van der Waals surface area contributed by atoms with E-state index in [1.807, 2.05) is 24.3 Å². The number of hydrogen-bond donors (Lipinski definition) is 0. The highest BCUT2D eigenvalue weighted by Crippen LogP contribution is 2.08. The van der Waals surface area contributed by atoms with Gasteiger partial charge in [-0.1, -0.05) is 228 Å². The fourth-order valence-electron chi connectivity index (χ4n) is 6.48. The average Bonchev–Trinajstić information content (AvgIpc) is 3.39. The number of ether oxygens (including phenoxy) is 3. The first-order valence-corrected chi connectivity index (χ1v) is 27.9. The third-order valence-corrected chi connectivity index (χ3v) is 10.6. The van der Waals surface area contributed by atoms with Crippen LogP contribution in [-0.4, -0.2) is 37.2 Å². The van der Waals surface area contributed by atoms with Gasteiger partial charge in [0.25, 0.3) is 0 Å². The fraction of sp³-hybridized carbons (Fsp3) is 0.478. The van der Waals surface area contributed by atoms with E-state index in [4.69, 9.17) is 14.2 Å². The van der Waals surface area contributed by atoms with Gasteiger partial charge in [0.2, 0.25) is 0 Å². The van der Waals surface area contributed by atoms with Crippen molar-refractivity contribution in [1.29, 1.82) is 0 Å². The smallest absolute Gasteiger partial charge is 0.306 e. The average molecular weight is 1000 g/mol. The molecule has 0 N–H and O–H groups in total. The molecular weight excluding hydrogens is 901 g/mol. The van der Waals surface area contributed by atoms with Crippen molar-refractivity contribution in [2.75, 3.05) is 13.2 Å². The first kappa shape index (κ1) is 67.2. The summed E-state index contributed by atoms with van der Waals surface area (Å²) in [6.45, 7) is 6.17. The van der Waals surface area contributed by atoms with Crippen molar-refractivity contribution in [2.24, 2.45) is 0 Å². The minimum atomic E-state index is -0.881. The van der Waals surface area contributed by atoms with Crippen LogP contribution in [0.2, 0.25) is 0 Å². The summed E-state index contributed by atoms with van der Waals surface area (Å²) in [6.07, 6.45) is 90.2. The molecule has 0 saturated carbocycles. The summed E-state index contributed by atoms with van der Waals surface area (Å²) in [5.74, 6) is -1.21. The summed E-state index contributed by atoms with van der Waals surface area (Å²) in [7, 11) is 0. The first-order valence-electron chi connectivity index (χ1n) is 27.9. The van der Waals surface area contributed by atoms with Crippen LogP contribution in [-0.2, 0) is 28.6 Å². The standard InChI is InChI=1S/C67H98O6/c1-4-7-10-13-16-19-22-25-28-31-33-36-38-41-44-47-50-53-56-59-65(68)71-62-64(73-67(70)61-58-55-52-49-46-43-40-35-30-27-24-21-18-15-12-9-6-3)63-72-66(69)60-57-54-51-48-45-42-39-37-34-32-29-26-23-20-17-14-11-8-5-2/h7-8,10-11,16-21,25-30,33-34,36-37,40-45,49-54,64H,4-6,9,12-15,22-24,31-32,35,38-39,46-48,55-63H2,1-3H3. The predicted molar refractivity (Wildman–Crippen MR) is 315 cm³/mol. The van der Waals surface area contributed by atoms with Crippen LogP contribution < -0.4 is 0 Å². The molecule has 0 bridgehead atoms. The Kier molecular flexibility index (Phi) is 54.2. The van der Waals surface area contributed by atoms with Gasteiger partial charge in [-0.15, -0.1) is 0 Å². The molecule has 0 aliphatic carbocycles. The lowest BCUT2D eigenvalue weighted by Crippen LogP contribution is -2.30. The van der Waals surface area contributed by atoms with Crippen molar-refractivity contribution in [3.8, 4) is 0 Å². The number of esters is 3. The Bertz CT molecular complexity index is 1720. The van der Waals surface area contributed by atoms with Gasteiger partial charge < -0.3 is 14.2 Å². The maximum absolute atomic E-state index is 12.8. The summed E-state index contributed by atoms with van der Waals surface area (Å²) in [6, 6.07) is 0. The molecule has 0 aromatic carbocycles. The van der Waals surface area contributed by atoms with E-state index < -0.39 is 24.0 Å². The van der Waals surface area contributed by atoms with Crippen LogP contribution in [0, 0.1) is 0 Å². The molecule has 0 spiro atoms. The van der Waals surface area contributed by atoms with Crippen LogP contribution >= 0.6 is 0 Å². The van der Waals surface area contributed by atoms with Crippen LogP contribution in [0.3, 0.4) is 0 Å². The zero-order valence-electron chi connectivity index (χ0n) is 45.8. The van der Waals surface area contributed by atoms with Gasteiger partial charge in [-0.25, -0.2) is 0 Å². The summed E-state index contributed by atoms with van der Waals surface area (Å²) in [5, 5.41) is 0. The van der Waals surface area contributed by atoms with Crippen molar-refractivity contribution < 1.29 is 28.6 Å². The lowest BCUT2D eigenvalue weighted by molar-refractivity contribution is -0.166. The van der Waals surface area contributed by atoms with E-state index in [1.165, 1.54) is 25.7 Å². The number of rotatable bonds is 47. The van der Waals surface area contributed by atoms with Gasteiger partial charge >= 0.3 is 17.9 Å². The number of hydrogen-bond acceptors (Lipinski definition) is 6. The Morgan fingerprint density at radius 3 is 0.836 bits per heavy atom. The summed E-state index contributed by atoms with van der Waals surface area (Å²) in [5.41, 5.74) is 0. The lowest BCUT2D eigenvalue weighted by atomic mass is 10.2. The van der Waals surface area contributed by atoms with Gasteiger partial charge in [0.1, 0.15) is 13.2 Å². The van der Waals surface area contributed by atoms with E-state index in [2.05, 4.69) is 191 Å². The van der Waals surface area contributed by atoms with Crippen LogP contribution in [0.5, 0.6) is 0 Å². The Labute approximate surface area is 446 Å². The monoisotopic (exact) mass is 999 g/mol. The molecule has 0 aliphatic rings. The molecule has 0 heterocycles. The van der Waals surface area contributed by atoms with E-state index in [1.54, 1.807) is 0 Å². The van der Waals surface area contributed by atoms with Gasteiger partial charge in [-0.3, -0.25) is 14.4 Å². The molecule has 0 amide bonds. The molecule has 0 aromatic rings. The SMILES string of the molecule is CCC=CCC=CCC=CCC=CCC=CCC=CCCC(=O)OCC(COC(=O)CCC=CCC=CCC=CCC=CCC=CCC=CCC)OC(=O)CCCC=CCC=CCC=CCC=CCCCCC. The highest BCUT2D eigenvalue weighted by molar-refractivity contribution is 5.71. The van der Waals surface area contributed by atoms with E-state index >= 15 is 0 Å². The zero-order valence-corrected chi connectivity index (χ0v) is 45.8. The third kappa shape index (κ3) is 57.0. The fourth-order valence-corrected chi connectivity index (χ4v) is 6.48. The molecule has 6 heteroatoms. The second-order valence-electron chi connectivity index (χ2n) is 17.4. The van der Waals surface area contributed by atoms with Crippen molar-refractivity contribution >= 4 is 17.9 Å². The van der Waals surface area contributed by atoms with Crippen LogP contribution in [0.25, 0.3) is 0 Å². The van der Waals surface area contributed by atoms with Crippen LogP contribution in [0.4, 0.5) is 0 Å². The molecule has 0 atom stereocenters. The number of unbranched alkanes of at least 4 members (excludes halogenated alkanes) is 4. The molecule has 0 saturated heterocycles. The summed E-state index contributed by atoms with van der Waals surface area (Å²) >= 11 is 0. The molecule has 0 rings (SSSR count). The number of allylic oxidation sites excluding steroid dienone is 32. The lowest BCUT2D eigenvalue weighted by Gasteiger charge is -2.18. The zero-order chi connectivity index (χ0) is 52.9. The van der Waals surface area contributed by atoms with Crippen molar-refractivity contribution in [3.63, 3.8) is 0 Å². The summed E-state index contributed by atoms with van der Waals surface area (Å²) < 4.78 is 16.6. The highest BCUT2D eigenvalue weighted by Gasteiger charge is 2.19. The van der Waals surface area contributed by atoms with Crippen molar-refractivity contribution in [1.82, 2.24) is 0 Å². The molecule has 0 unspecified atom stereocenters. The number of carbonyl (C=O) groups is 3. The molecule has 0 aliphatic heterocycles. The van der Waals surface area contributed by atoms with Gasteiger partial charge in [-0.05, 0) is 135 Å². The topological polar surface area (TPSA) is 78.9 Å². The molecule has 0 aromatic heterocycles. The third-order valence-electron chi connectivity index (χ3n) is 10.6. The quantitative estimate of drug-likeness (QED) is 0.0262. The second-order valence-corrected chi connectivity index (χ2v) is 17.4. The summed E-state index contributed by atoms with van der Waals surface area (Å²) in [4.78, 5) is 38.1. The number of carbonyl (C=O) groups excluding carboxylic acids is 3. The Balaban J connectivity index is 4.75. The Morgan fingerprint density at radius 2 is 0.548 bits per heavy atom. The minimum absolute atomic E-state index is 0.175. The van der Waals surface area contributed by atoms with Gasteiger partial charge in [0, 0.05) is 19.3 Å². The molecule has 0 radical (unpaired) electrons. The largest absolute Gasteiger partial charge is 0.462 e. The first-order chi connectivity index (χ1) is 36.0. The molecule has 402 valence electrons. The molecule has 73 heavy (non-hydrogen) atoms. The van der Waals surface area contributed by atoms with E-state index in [-0.39, 0.29) is 32.5 Å². The van der Waals surface area contributed by atoms with E-state index in [9.17, 15) is 14.4 Å². The van der Waals surface area contributed by atoms with Crippen molar-refractivity contribution in [3.05, 3.63) is 194 Å². The van der Waals surface area contributed by atoms with Gasteiger partial charge in [0.05, 0.1) is 0 Å². The molecule has 6 nitrogen and oxygen atoms in total. The maximum atomic E-state index is 12.8. The maximum Gasteiger partial charge on any atom is 0.306 e. The minimum Gasteiger partial charge on any atom is -0.462 e.